The molecule has 1 aliphatic rings. The second-order valence-corrected chi connectivity index (χ2v) is 7.94. The molecule has 27 heavy (non-hydrogen) atoms. The number of benzene rings is 1. The Morgan fingerprint density at radius 3 is 2.63 bits per heavy atom. The Morgan fingerprint density at radius 2 is 1.96 bits per heavy atom. The molecule has 7 nitrogen and oxygen atoms in total. The molecule has 1 N–H and O–H groups in total. The number of hydrogen-bond donors (Lipinski definition) is 1. The summed E-state index contributed by atoms with van der Waals surface area (Å²) in [6.07, 6.45) is 6.01. The summed E-state index contributed by atoms with van der Waals surface area (Å²) < 4.78 is 2.11. The van der Waals surface area contributed by atoms with E-state index in [9.17, 15) is 14.9 Å². The fraction of sp³-hybridized carbons (Fsp3) is 0.368. The standard InChI is InChI=1S/C19H20N4O3S/c1-12-16-11-17(18(24)20-13-7-9-15(10-8-13)23(25)26)27-19(16)22(21-12)14-5-3-2-4-6-14/h7-11,14H,2-6H2,1H3,(H,20,24). The molecule has 1 saturated carbocycles. The molecule has 4 rings (SSSR count). The molecule has 0 unspecified atom stereocenters. The molecule has 0 atom stereocenters. The molecule has 0 saturated heterocycles. The number of nitrogens with zero attached hydrogens (tertiary/aromatic N) is 3. The highest BCUT2D eigenvalue weighted by Crippen LogP contribution is 2.35. The van der Waals surface area contributed by atoms with Crippen molar-refractivity contribution in [3.05, 3.63) is 51.0 Å². The number of anilines is 1. The molecule has 1 fully saturated rings. The molecule has 1 aromatic carbocycles. The van der Waals surface area contributed by atoms with Crippen LogP contribution in [0.1, 0.15) is 53.5 Å². The number of hydrogen-bond acceptors (Lipinski definition) is 5. The van der Waals surface area contributed by atoms with Crippen LogP contribution in [0.15, 0.2) is 30.3 Å². The summed E-state index contributed by atoms with van der Waals surface area (Å²) in [7, 11) is 0. The quantitative estimate of drug-likeness (QED) is 0.502. The van der Waals surface area contributed by atoms with Crippen LogP contribution in [0.5, 0.6) is 0 Å². The van der Waals surface area contributed by atoms with Crippen LogP contribution in [0.4, 0.5) is 11.4 Å². The molecular weight excluding hydrogens is 364 g/mol. The van der Waals surface area contributed by atoms with Gasteiger partial charge in [-0.05, 0) is 38.0 Å². The van der Waals surface area contributed by atoms with Crippen LogP contribution in [0.25, 0.3) is 10.2 Å². The lowest BCUT2D eigenvalue weighted by atomic mass is 9.96. The minimum absolute atomic E-state index is 0.00180. The van der Waals surface area contributed by atoms with E-state index in [1.807, 2.05) is 13.0 Å². The van der Waals surface area contributed by atoms with E-state index in [2.05, 4.69) is 10.00 Å². The van der Waals surface area contributed by atoms with Gasteiger partial charge in [-0.1, -0.05) is 19.3 Å². The van der Waals surface area contributed by atoms with Crippen molar-refractivity contribution in [3.63, 3.8) is 0 Å². The fourth-order valence-electron chi connectivity index (χ4n) is 3.62. The first-order valence-corrected chi connectivity index (χ1v) is 9.89. The van der Waals surface area contributed by atoms with Crippen molar-refractivity contribution in [2.75, 3.05) is 5.32 Å². The van der Waals surface area contributed by atoms with Crippen molar-refractivity contribution >= 4 is 38.8 Å². The van der Waals surface area contributed by atoms with Crippen molar-refractivity contribution in [3.8, 4) is 0 Å². The van der Waals surface area contributed by atoms with Crippen LogP contribution in [0, 0.1) is 17.0 Å². The number of nitro groups is 1. The topological polar surface area (TPSA) is 90.1 Å². The zero-order chi connectivity index (χ0) is 19.0. The Kier molecular flexibility index (Phi) is 4.65. The summed E-state index contributed by atoms with van der Waals surface area (Å²) in [5.41, 5.74) is 1.48. The largest absolute Gasteiger partial charge is 0.321 e. The van der Waals surface area contributed by atoms with Crippen molar-refractivity contribution in [2.45, 2.75) is 45.1 Å². The third-order valence-electron chi connectivity index (χ3n) is 5.05. The second kappa shape index (κ2) is 7.11. The molecule has 8 heteroatoms. The number of aryl methyl sites for hydroxylation is 1. The summed E-state index contributed by atoms with van der Waals surface area (Å²) in [5.74, 6) is -0.209. The van der Waals surface area contributed by atoms with E-state index in [0.717, 1.165) is 28.8 Å². The summed E-state index contributed by atoms with van der Waals surface area (Å²) >= 11 is 1.45. The highest BCUT2D eigenvalue weighted by atomic mass is 32.1. The van der Waals surface area contributed by atoms with Gasteiger partial charge in [0.15, 0.2) is 0 Å². The summed E-state index contributed by atoms with van der Waals surface area (Å²) in [5, 5.41) is 19.3. The number of aromatic nitrogens is 2. The number of carbonyl (C=O) groups excluding carboxylic acids is 1. The third kappa shape index (κ3) is 3.44. The number of non-ortho nitro benzene ring substituents is 1. The van der Waals surface area contributed by atoms with Gasteiger partial charge in [0.1, 0.15) is 4.83 Å². The number of carbonyl (C=O) groups is 1. The van der Waals surface area contributed by atoms with Crippen LogP contribution in [0.3, 0.4) is 0 Å². The number of amides is 1. The van der Waals surface area contributed by atoms with E-state index in [0.29, 0.717) is 16.6 Å². The van der Waals surface area contributed by atoms with Gasteiger partial charge in [0.25, 0.3) is 11.6 Å². The zero-order valence-corrected chi connectivity index (χ0v) is 15.8. The van der Waals surface area contributed by atoms with Crippen LogP contribution in [0.2, 0.25) is 0 Å². The van der Waals surface area contributed by atoms with Gasteiger partial charge in [-0.3, -0.25) is 19.6 Å². The van der Waals surface area contributed by atoms with Gasteiger partial charge in [0.2, 0.25) is 0 Å². The monoisotopic (exact) mass is 384 g/mol. The SMILES string of the molecule is Cc1nn(C2CCCCC2)c2sc(C(=O)Nc3ccc([N+](=O)[O-])cc3)cc12. The van der Waals surface area contributed by atoms with Crippen molar-refractivity contribution < 1.29 is 9.72 Å². The number of rotatable bonds is 4. The van der Waals surface area contributed by atoms with E-state index < -0.39 is 4.92 Å². The molecule has 1 amide bonds. The molecule has 140 valence electrons. The minimum Gasteiger partial charge on any atom is -0.321 e. The van der Waals surface area contributed by atoms with Gasteiger partial charge in [0, 0.05) is 23.2 Å². The molecule has 0 radical (unpaired) electrons. The van der Waals surface area contributed by atoms with Gasteiger partial charge in [-0.2, -0.15) is 5.10 Å². The van der Waals surface area contributed by atoms with Gasteiger partial charge >= 0.3 is 0 Å². The predicted octanol–water partition coefficient (Wildman–Crippen LogP) is 5.07. The van der Waals surface area contributed by atoms with Gasteiger partial charge in [-0.15, -0.1) is 11.3 Å². The molecule has 1 aliphatic carbocycles. The van der Waals surface area contributed by atoms with Crippen molar-refractivity contribution in [1.29, 1.82) is 0 Å². The molecular formula is C19H20N4O3S. The number of thiophene rings is 1. The molecule has 3 aromatic rings. The van der Waals surface area contributed by atoms with E-state index in [4.69, 9.17) is 5.10 Å². The van der Waals surface area contributed by atoms with Gasteiger partial charge in [0.05, 0.1) is 21.5 Å². The second-order valence-electron chi connectivity index (χ2n) is 6.91. The minimum atomic E-state index is -0.461. The zero-order valence-electron chi connectivity index (χ0n) is 15.0. The molecule has 0 spiro atoms. The first-order chi connectivity index (χ1) is 13.0. The van der Waals surface area contributed by atoms with Crippen LogP contribution in [-0.4, -0.2) is 20.6 Å². The molecule has 0 aliphatic heterocycles. The first kappa shape index (κ1) is 17.7. The van der Waals surface area contributed by atoms with E-state index in [-0.39, 0.29) is 11.6 Å². The predicted molar refractivity (Wildman–Crippen MR) is 106 cm³/mol. The average molecular weight is 384 g/mol. The normalized spacial score (nSPS) is 15.1. The van der Waals surface area contributed by atoms with Crippen LogP contribution < -0.4 is 5.32 Å². The van der Waals surface area contributed by atoms with Gasteiger partial charge < -0.3 is 5.32 Å². The summed E-state index contributed by atoms with van der Waals surface area (Å²) in [6.45, 7) is 1.98. The maximum Gasteiger partial charge on any atom is 0.269 e. The maximum absolute atomic E-state index is 12.6. The Labute approximate surface area is 160 Å². The summed E-state index contributed by atoms with van der Waals surface area (Å²) in [6, 6.07) is 8.15. The van der Waals surface area contributed by atoms with E-state index >= 15 is 0 Å². The number of fused-ring (bicyclic) bond motifs is 1. The maximum atomic E-state index is 12.6. The highest BCUT2D eigenvalue weighted by Gasteiger charge is 2.22. The number of nitrogens with one attached hydrogen (secondary N) is 1. The Hall–Kier alpha value is -2.74. The van der Waals surface area contributed by atoms with Crippen molar-refractivity contribution in [1.82, 2.24) is 9.78 Å². The molecule has 0 bridgehead atoms. The van der Waals surface area contributed by atoms with Crippen molar-refractivity contribution in [2.24, 2.45) is 0 Å². The number of nitro benzene ring substituents is 1. The lowest BCUT2D eigenvalue weighted by Gasteiger charge is -2.22. The molecule has 2 heterocycles. The smallest absolute Gasteiger partial charge is 0.269 e. The summed E-state index contributed by atoms with van der Waals surface area (Å²) in [4.78, 5) is 24.6. The lowest BCUT2D eigenvalue weighted by Crippen LogP contribution is -2.14. The lowest BCUT2D eigenvalue weighted by molar-refractivity contribution is -0.384. The van der Waals surface area contributed by atoms with Gasteiger partial charge in [-0.25, -0.2) is 0 Å². The van der Waals surface area contributed by atoms with Crippen LogP contribution >= 0.6 is 11.3 Å². The Bertz CT molecular complexity index is 1000. The van der Waals surface area contributed by atoms with E-state index in [1.54, 1.807) is 12.1 Å². The highest BCUT2D eigenvalue weighted by molar-refractivity contribution is 7.20. The molecule has 2 aromatic heterocycles. The van der Waals surface area contributed by atoms with Crippen LogP contribution in [-0.2, 0) is 0 Å². The fourth-order valence-corrected chi connectivity index (χ4v) is 4.74. The first-order valence-electron chi connectivity index (χ1n) is 9.07. The third-order valence-corrected chi connectivity index (χ3v) is 6.17. The van der Waals surface area contributed by atoms with E-state index in [1.165, 1.54) is 42.7 Å². The Balaban J connectivity index is 1.58. The Morgan fingerprint density at radius 1 is 1.26 bits per heavy atom. The average Bonchev–Trinajstić information content (AvgIpc) is 3.24.